The second-order valence-electron chi connectivity index (χ2n) is 9.05. The summed E-state index contributed by atoms with van der Waals surface area (Å²) in [5, 5.41) is 8.05. The Labute approximate surface area is 201 Å². The molecule has 8 nitrogen and oxygen atoms in total. The summed E-state index contributed by atoms with van der Waals surface area (Å²) in [6.45, 7) is 1.70. The van der Waals surface area contributed by atoms with Crippen LogP contribution in [0.5, 0.6) is 0 Å². The number of urea groups is 1. The molecule has 2 fully saturated rings. The Morgan fingerprint density at radius 3 is 2.37 bits per heavy atom. The summed E-state index contributed by atoms with van der Waals surface area (Å²) in [4.78, 5) is 26.5. The minimum Gasteiger partial charge on any atom is -0.352 e. The van der Waals surface area contributed by atoms with Gasteiger partial charge in [-0.2, -0.15) is 13.2 Å². The van der Waals surface area contributed by atoms with E-state index < -0.39 is 40.2 Å². The SMILES string of the molecule is O=C(NCCN1CCC(CNC(=O)c2cc(CF)cc(C(F)(F)F)c2)CC1)NC1CCS(=O)(=O)C1. The molecule has 1 unspecified atom stereocenters. The second-order valence-corrected chi connectivity index (χ2v) is 11.3. The van der Waals surface area contributed by atoms with Crippen LogP contribution in [0.1, 0.15) is 40.7 Å². The van der Waals surface area contributed by atoms with Crippen molar-refractivity contribution in [2.24, 2.45) is 5.92 Å². The third-order valence-corrected chi connectivity index (χ3v) is 8.04. The molecule has 2 saturated heterocycles. The van der Waals surface area contributed by atoms with E-state index in [0.717, 1.165) is 38.1 Å². The highest BCUT2D eigenvalue weighted by Crippen LogP contribution is 2.31. The normalized spacial score (nSPS) is 21.0. The molecule has 0 radical (unpaired) electrons. The average Bonchev–Trinajstić information content (AvgIpc) is 3.15. The summed E-state index contributed by atoms with van der Waals surface area (Å²) in [6.07, 6.45) is -2.71. The van der Waals surface area contributed by atoms with Crippen LogP contribution in [0.3, 0.4) is 0 Å². The van der Waals surface area contributed by atoms with Crippen LogP contribution in [-0.4, -0.2) is 75.5 Å². The lowest BCUT2D eigenvalue weighted by Gasteiger charge is -2.32. The largest absolute Gasteiger partial charge is 0.416 e. The molecule has 3 N–H and O–H groups in total. The number of nitrogens with zero attached hydrogens (tertiary/aromatic N) is 1. The summed E-state index contributed by atoms with van der Waals surface area (Å²) in [5.74, 6) is -0.456. The van der Waals surface area contributed by atoms with Crippen molar-refractivity contribution in [1.29, 1.82) is 0 Å². The van der Waals surface area contributed by atoms with E-state index in [1.807, 2.05) is 0 Å². The molecular weight excluding hydrogens is 492 g/mol. The van der Waals surface area contributed by atoms with E-state index in [-0.39, 0.29) is 34.6 Å². The molecule has 2 aliphatic heterocycles. The molecule has 3 amide bonds. The average molecular weight is 523 g/mol. The predicted molar refractivity (Wildman–Crippen MR) is 121 cm³/mol. The van der Waals surface area contributed by atoms with E-state index in [9.17, 15) is 35.6 Å². The van der Waals surface area contributed by atoms with Crippen LogP contribution in [-0.2, 0) is 22.7 Å². The smallest absolute Gasteiger partial charge is 0.352 e. The lowest BCUT2D eigenvalue weighted by Crippen LogP contribution is -2.46. The van der Waals surface area contributed by atoms with Gasteiger partial charge in [0.05, 0.1) is 17.1 Å². The Bertz CT molecular complexity index is 1010. The number of sulfone groups is 1. The topological polar surface area (TPSA) is 108 Å². The maximum Gasteiger partial charge on any atom is 0.416 e. The van der Waals surface area contributed by atoms with Crippen LogP contribution < -0.4 is 16.0 Å². The zero-order valence-electron chi connectivity index (χ0n) is 19.2. The number of hydrogen-bond donors (Lipinski definition) is 3. The molecule has 0 aromatic heterocycles. The van der Waals surface area contributed by atoms with Crippen molar-refractivity contribution in [3.05, 3.63) is 34.9 Å². The highest BCUT2D eigenvalue weighted by Gasteiger charge is 2.32. The molecule has 2 heterocycles. The van der Waals surface area contributed by atoms with Gasteiger partial charge < -0.3 is 20.9 Å². The molecular formula is C22H30F4N4O4S. The molecule has 0 aliphatic carbocycles. The van der Waals surface area contributed by atoms with E-state index in [0.29, 0.717) is 32.1 Å². The second kappa shape index (κ2) is 11.5. The standard InChI is InChI=1S/C22H30F4N4O4S/c23-12-16-9-17(11-18(10-16)22(24,25)26)20(31)28-13-15-1-5-30(6-2-15)7-4-27-21(32)29-19-3-8-35(33,34)14-19/h9-11,15,19H,1-8,12-14H2,(H,28,31)(H2,27,29,32). The lowest BCUT2D eigenvalue weighted by molar-refractivity contribution is -0.137. The Hall–Kier alpha value is -2.41. The fourth-order valence-corrected chi connectivity index (χ4v) is 5.96. The number of rotatable bonds is 8. The van der Waals surface area contributed by atoms with Crippen molar-refractivity contribution >= 4 is 21.8 Å². The Kier molecular flexibility index (Phi) is 8.97. The summed E-state index contributed by atoms with van der Waals surface area (Å²) in [5.41, 5.74) is -1.47. The fraction of sp³-hybridized carbons (Fsp3) is 0.636. The number of halogens is 4. The zero-order valence-corrected chi connectivity index (χ0v) is 20.0. The van der Waals surface area contributed by atoms with Crippen molar-refractivity contribution < 1.29 is 35.6 Å². The van der Waals surface area contributed by atoms with Crippen LogP contribution in [0.2, 0.25) is 0 Å². The number of piperidine rings is 1. The quantitative estimate of drug-likeness (QED) is 0.454. The number of carbonyl (C=O) groups is 2. The number of carbonyl (C=O) groups excluding carboxylic acids is 2. The molecule has 0 spiro atoms. The molecule has 196 valence electrons. The summed E-state index contributed by atoms with van der Waals surface area (Å²) in [6, 6.07) is 1.80. The van der Waals surface area contributed by atoms with Crippen molar-refractivity contribution in [2.75, 3.05) is 44.2 Å². The molecule has 3 rings (SSSR count). The van der Waals surface area contributed by atoms with Crippen molar-refractivity contribution in [1.82, 2.24) is 20.9 Å². The van der Waals surface area contributed by atoms with Crippen LogP contribution in [0.25, 0.3) is 0 Å². The Morgan fingerprint density at radius 1 is 1.06 bits per heavy atom. The van der Waals surface area contributed by atoms with Crippen molar-refractivity contribution in [2.45, 2.75) is 38.2 Å². The molecule has 0 bridgehead atoms. The highest BCUT2D eigenvalue weighted by atomic mass is 32.2. The number of amides is 3. The fourth-order valence-electron chi connectivity index (χ4n) is 4.29. The summed E-state index contributed by atoms with van der Waals surface area (Å²) in [7, 11) is -3.06. The minimum atomic E-state index is -4.67. The molecule has 0 saturated carbocycles. The van der Waals surface area contributed by atoms with E-state index in [4.69, 9.17) is 0 Å². The van der Waals surface area contributed by atoms with Crippen molar-refractivity contribution in [3.63, 3.8) is 0 Å². The molecule has 1 aromatic rings. The minimum absolute atomic E-state index is 0.0325. The van der Waals surface area contributed by atoms with Gasteiger partial charge in [0.15, 0.2) is 9.84 Å². The number of nitrogens with one attached hydrogen (secondary N) is 3. The van der Waals surface area contributed by atoms with E-state index in [1.54, 1.807) is 0 Å². The van der Waals surface area contributed by atoms with Gasteiger partial charge >= 0.3 is 12.2 Å². The van der Waals surface area contributed by atoms with Crippen molar-refractivity contribution in [3.8, 4) is 0 Å². The number of benzene rings is 1. The third kappa shape index (κ3) is 8.34. The highest BCUT2D eigenvalue weighted by molar-refractivity contribution is 7.91. The van der Waals surface area contributed by atoms with E-state index in [2.05, 4.69) is 20.9 Å². The van der Waals surface area contributed by atoms with Gasteiger partial charge in [0, 0.05) is 31.2 Å². The van der Waals surface area contributed by atoms with Gasteiger partial charge in [-0.05, 0) is 62.0 Å². The van der Waals surface area contributed by atoms with E-state index >= 15 is 0 Å². The predicted octanol–water partition coefficient (Wildman–Crippen LogP) is 2.10. The Balaban J connectivity index is 1.35. The summed E-state index contributed by atoms with van der Waals surface area (Å²) >= 11 is 0. The van der Waals surface area contributed by atoms with Gasteiger partial charge in [0.25, 0.3) is 5.91 Å². The maximum atomic E-state index is 13.0. The number of alkyl halides is 4. The zero-order chi connectivity index (χ0) is 25.6. The number of hydrogen-bond acceptors (Lipinski definition) is 5. The monoisotopic (exact) mass is 522 g/mol. The van der Waals surface area contributed by atoms with Gasteiger partial charge in [0.2, 0.25) is 0 Å². The maximum absolute atomic E-state index is 13.0. The van der Waals surface area contributed by atoms with Crippen LogP contribution >= 0.6 is 0 Å². The molecule has 1 aromatic carbocycles. The van der Waals surface area contributed by atoms with Gasteiger partial charge in [-0.25, -0.2) is 17.6 Å². The first-order chi connectivity index (χ1) is 16.4. The first-order valence-corrected chi connectivity index (χ1v) is 13.3. The van der Waals surface area contributed by atoms with Gasteiger partial charge in [-0.15, -0.1) is 0 Å². The molecule has 1 atom stereocenters. The van der Waals surface area contributed by atoms with E-state index in [1.165, 1.54) is 0 Å². The first-order valence-electron chi connectivity index (χ1n) is 11.5. The number of likely N-dealkylation sites (tertiary alicyclic amines) is 1. The van der Waals surface area contributed by atoms with Gasteiger partial charge in [0.1, 0.15) is 6.67 Å². The molecule has 35 heavy (non-hydrogen) atoms. The van der Waals surface area contributed by atoms with Crippen LogP contribution in [0.4, 0.5) is 22.4 Å². The Morgan fingerprint density at radius 2 is 1.77 bits per heavy atom. The summed E-state index contributed by atoms with van der Waals surface area (Å²) < 4.78 is 74.9. The van der Waals surface area contributed by atoms with Crippen LogP contribution in [0, 0.1) is 5.92 Å². The first kappa shape index (κ1) is 27.2. The molecule has 13 heteroatoms. The third-order valence-electron chi connectivity index (χ3n) is 6.28. The van der Waals surface area contributed by atoms with Gasteiger partial charge in [-0.1, -0.05) is 0 Å². The molecule has 2 aliphatic rings. The lowest BCUT2D eigenvalue weighted by atomic mass is 9.96. The van der Waals surface area contributed by atoms with Crippen LogP contribution in [0.15, 0.2) is 18.2 Å². The van der Waals surface area contributed by atoms with Gasteiger partial charge in [-0.3, -0.25) is 4.79 Å².